The largest absolute Gasteiger partial charge is 0.494 e. The van der Waals surface area contributed by atoms with Crippen molar-refractivity contribution in [2.45, 2.75) is 32.2 Å². The number of carbonyl (C=O) groups excluding carboxylic acids is 1. The fraction of sp³-hybridized carbons (Fsp3) is 0.333. The first-order valence-corrected chi connectivity index (χ1v) is 9.05. The molecular formula is C21H23NO5. The molecule has 2 N–H and O–H groups in total. The SMILES string of the molecule is O=C(O)CCCOc1ccc(CNC(=O)Cc2ccc3c(c2)CCO3)cc1. The maximum Gasteiger partial charge on any atom is 0.303 e. The van der Waals surface area contributed by atoms with E-state index in [0.717, 1.165) is 23.3 Å². The number of nitrogens with one attached hydrogen (secondary N) is 1. The van der Waals surface area contributed by atoms with Crippen molar-refractivity contribution in [3.05, 3.63) is 59.2 Å². The number of aliphatic carboxylic acids is 1. The highest BCUT2D eigenvalue weighted by atomic mass is 16.5. The van der Waals surface area contributed by atoms with Gasteiger partial charge in [0.25, 0.3) is 0 Å². The number of amides is 1. The van der Waals surface area contributed by atoms with Crippen LogP contribution in [0.1, 0.15) is 29.5 Å². The zero-order chi connectivity index (χ0) is 19.1. The lowest BCUT2D eigenvalue weighted by Gasteiger charge is -2.08. The van der Waals surface area contributed by atoms with Gasteiger partial charge < -0.3 is 19.9 Å². The highest BCUT2D eigenvalue weighted by Crippen LogP contribution is 2.26. The van der Waals surface area contributed by atoms with Crippen molar-refractivity contribution >= 4 is 11.9 Å². The van der Waals surface area contributed by atoms with Gasteiger partial charge in [0, 0.05) is 19.4 Å². The summed E-state index contributed by atoms with van der Waals surface area (Å²) in [5.41, 5.74) is 3.13. The van der Waals surface area contributed by atoms with Gasteiger partial charge in [-0.3, -0.25) is 9.59 Å². The zero-order valence-electron chi connectivity index (χ0n) is 15.1. The molecule has 0 saturated carbocycles. The van der Waals surface area contributed by atoms with Crippen LogP contribution >= 0.6 is 0 Å². The molecule has 0 aliphatic carbocycles. The minimum absolute atomic E-state index is 0.0251. The smallest absolute Gasteiger partial charge is 0.303 e. The number of ether oxygens (including phenoxy) is 2. The third-order valence-electron chi connectivity index (χ3n) is 4.34. The van der Waals surface area contributed by atoms with E-state index < -0.39 is 5.97 Å². The molecule has 2 aromatic rings. The summed E-state index contributed by atoms with van der Waals surface area (Å²) in [6, 6.07) is 13.3. The fourth-order valence-electron chi connectivity index (χ4n) is 2.92. The normalized spacial score (nSPS) is 12.1. The molecule has 6 heteroatoms. The quantitative estimate of drug-likeness (QED) is 0.664. The molecule has 0 spiro atoms. The predicted molar refractivity (Wildman–Crippen MR) is 100.0 cm³/mol. The number of hydrogen-bond donors (Lipinski definition) is 2. The molecule has 1 aliphatic rings. The van der Waals surface area contributed by atoms with Gasteiger partial charge in [0.15, 0.2) is 0 Å². The van der Waals surface area contributed by atoms with Gasteiger partial charge in [-0.1, -0.05) is 24.3 Å². The van der Waals surface area contributed by atoms with E-state index in [2.05, 4.69) is 5.32 Å². The molecule has 142 valence electrons. The Labute approximate surface area is 158 Å². The van der Waals surface area contributed by atoms with E-state index in [-0.39, 0.29) is 12.3 Å². The highest BCUT2D eigenvalue weighted by Gasteiger charge is 2.13. The molecule has 0 saturated heterocycles. The number of carboxylic acids is 1. The first-order chi connectivity index (χ1) is 13.1. The molecule has 1 heterocycles. The van der Waals surface area contributed by atoms with Gasteiger partial charge in [-0.25, -0.2) is 0 Å². The Hall–Kier alpha value is -3.02. The van der Waals surface area contributed by atoms with Gasteiger partial charge in [-0.05, 0) is 41.3 Å². The van der Waals surface area contributed by atoms with E-state index >= 15 is 0 Å². The molecular weight excluding hydrogens is 346 g/mol. The van der Waals surface area contributed by atoms with Gasteiger partial charge >= 0.3 is 5.97 Å². The maximum absolute atomic E-state index is 12.2. The standard InChI is InChI=1S/C21H23NO5/c23-20(13-16-5-8-19-17(12-16)9-11-27-19)22-14-15-3-6-18(7-4-15)26-10-1-2-21(24)25/h3-8,12H,1-2,9-11,13-14H2,(H,22,23)(H,24,25). The van der Waals surface area contributed by atoms with Crippen molar-refractivity contribution in [1.29, 1.82) is 0 Å². The van der Waals surface area contributed by atoms with Crippen molar-refractivity contribution in [2.24, 2.45) is 0 Å². The lowest BCUT2D eigenvalue weighted by molar-refractivity contribution is -0.137. The number of benzene rings is 2. The molecule has 0 fully saturated rings. The van der Waals surface area contributed by atoms with Crippen LogP contribution in [-0.2, 0) is 29.0 Å². The van der Waals surface area contributed by atoms with E-state index in [1.54, 1.807) is 0 Å². The van der Waals surface area contributed by atoms with Gasteiger partial charge in [0.1, 0.15) is 11.5 Å². The van der Waals surface area contributed by atoms with Crippen molar-refractivity contribution in [3.63, 3.8) is 0 Å². The Kier molecular flexibility index (Phi) is 6.30. The Morgan fingerprint density at radius 2 is 1.89 bits per heavy atom. The molecule has 2 aromatic carbocycles. The summed E-state index contributed by atoms with van der Waals surface area (Å²) < 4.78 is 11.0. The van der Waals surface area contributed by atoms with Crippen LogP contribution in [0.3, 0.4) is 0 Å². The van der Waals surface area contributed by atoms with Crippen LogP contribution in [0.5, 0.6) is 11.5 Å². The Balaban J connectivity index is 1.41. The second-order valence-electron chi connectivity index (χ2n) is 6.48. The average molecular weight is 369 g/mol. The Morgan fingerprint density at radius 1 is 1.11 bits per heavy atom. The predicted octanol–water partition coefficient (Wildman–Crippen LogP) is 2.72. The molecule has 0 aromatic heterocycles. The van der Waals surface area contributed by atoms with Crippen molar-refractivity contribution in [1.82, 2.24) is 5.32 Å². The average Bonchev–Trinajstić information content (AvgIpc) is 3.12. The summed E-state index contributed by atoms with van der Waals surface area (Å²) in [5, 5.41) is 11.5. The molecule has 1 aliphatic heterocycles. The first kappa shape index (κ1) is 18.8. The summed E-state index contributed by atoms with van der Waals surface area (Å²) in [5.74, 6) is 0.765. The number of hydrogen-bond acceptors (Lipinski definition) is 4. The van der Waals surface area contributed by atoms with Crippen LogP contribution in [0.4, 0.5) is 0 Å². The first-order valence-electron chi connectivity index (χ1n) is 9.05. The molecule has 0 bridgehead atoms. The number of fused-ring (bicyclic) bond motifs is 1. The van der Waals surface area contributed by atoms with E-state index in [0.29, 0.717) is 38.3 Å². The van der Waals surface area contributed by atoms with Crippen LogP contribution in [0, 0.1) is 0 Å². The summed E-state index contributed by atoms with van der Waals surface area (Å²) in [6.45, 7) is 1.53. The van der Waals surface area contributed by atoms with Crippen LogP contribution in [-0.4, -0.2) is 30.2 Å². The number of carbonyl (C=O) groups is 2. The van der Waals surface area contributed by atoms with E-state index in [4.69, 9.17) is 14.6 Å². The zero-order valence-corrected chi connectivity index (χ0v) is 15.1. The molecule has 0 unspecified atom stereocenters. The van der Waals surface area contributed by atoms with Crippen LogP contribution in [0.2, 0.25) is 0 Å². The van der Waals surface area contributed by atoms with Gasteiger partial charge in [0.2, 0.25) is 5.91 Å². The molecule has 0 atom stereocenters. The second kappa shape index (κ2) is 9.07. The molecule has 27 heavy (non-hydrogen) atoms. The summed E-state index contributed by atoms with van der Waals surface area (Å²) in [6.07, 6.45) is 1.82. The topological polar surface area (TPSA) is 84.9 Å². The third kappa shape index (κ3) is 5.74. The monoisotopic (exact) mass is 369 g/mol. The van der Waals surface area contributed by atoms with Gasteiger partial charge in [-0.15, -0.1) is 0 Å². The molecule has 3 rings (SSSR count). The lowest BCUT2D eigenvalue weighted by atomic mass is 10.1. The Bertz CT molecular complexity index is 801. The van der Waals surface area contributed by atoms with E-state index in [9.17, 15) is 9.59 Å². The van der Waals surface area contributed by atoms with Gasteiger partial charge in [-0.2, -0.15) is 0 Å². The third-order valence-corrected chi connectivity index (χ3v) is 4.34. The van der Waals surface area contributed by atoms with Gasteiger partial charge in [0.05, 0.1) is 19.6 Å². The van der Waals surface area contributed by atoms with Crippen molar-refractivity contribution in [2.75, 3.05) is 13.2 Å². The highest BCUT2D eigenvalue weighted by molar-refractivity contribution is 5.78. The maximum atomic E-state index is 12.2. The second-order valence-corrected chi connectivity index (χ2v) is 6.48. The number of rotatable bonds is 9. The summed E-state index contributed by atoms with van der Waals surface area (Å²) >= 11 is 0. The van der Waals surface area contributed by atoms with Crippen LogP contribution < -0.4 is 14.8 Å². The minimum atomic E-state index is -0.821. The van der Waals surface area contributed by atoms with Crippen molar-refractivity contribution in [3.8, 4) is 11.5 Å². The molecule has 0 radical (unpaired) electrons. The van der Waals surface area contributed by atoms with Crippen molar-refractivity contribution < 1.29 is 24.2 Å². The fourth-order valence-corrected chi connectivity index (χ4v) is 2.92. The van der Waals surface area contributed by atoms with Crippen LogP contribution in [0.25, 0.3) is 0 Å². The Morgan fingerprint density at radius 3 is 2.67 bits per heavy atom. The molecule has 6 nitrogen and oxygen atoms in total. The number of carboxylic acid groups (broad SMARTS) is 1. The lowest BCUT2D eigenvalue weighted by Crippen LogP contribution is -2.24. The summed E-state index contributed by atoms with van der Waals surface area (Å²) in [7, 11) is 0. The van der Waals surface area contributed by atoms with Crippen LogP contribution in [0.15, 0.2) is 42.5 Å². The van der Waals surface area contributed by atoms with E-state index in [1.165, 1.54) is 5.56 Å². The molecule has 1 amide bonds. The minimum Gasteiger partial charge on any atom is -0.494 e. The summed E-state index contributed by atoms with van der Waals surface area (Å²) in [4.78, 5) is 22.6. The van der Waals surface area contributed by atoms with E-state index in [1.807, 2.05) is 42.5 Å².